The van der Waals surface area contributed by atoms with Crippen LogP contribution in [0.3, 0.4) is 0 Å². The van der Waals surface area contributed by atoms with E-state index in [9.17, 15) is 14.4 Å². The highest BCUT2D eigenvalue weighted by atomic mass is 16.5. The summed E-state index contributed by atoms with van der Waals surface area (Å²) in [6.07, 6.45) is 5.04. The van der Waals surface area contributed by atoms with Crippen LogP contribution in [0.15, 0.2) is 67.1 Å². The zero-order valence-electron chi connectivity index (χ0n) is 25.3. The number of carbonyl (C=O) groups excluding carboxylic acids is 3. The quantitative estimate of drug-likeness (QED) is 0.294. The molecule has 1 aliphatic heterocycles. The maximum Gasteiger partial charge on any atom is 0.250 e. The number of nitrogens with one attached hydrogen (secondary N) is 2. The molecule has 1 aliphatic rings. The van der Waals surface area contributed by atoms with Crippen LogP contribution in [0.25, 0.3) is 0 Å². The Labute approximate surface area is 252 Å². The predicted molar refractivity (Wildman–Crippen MR) is 163 cm³/mol. The van der Waals surface area contributed by atoms with Gasteiger partial charge in [0.05, 0.1) is 32.2 Å². The van der Waals surface area contributed by atoms with Crippen molar-refractivity contribution < 1.29 is 23.9 Å². The molecule has 2 aromatic carbocycles. The summed E-state index contributed by atoms with van der Waals surface area (Å²) in [4.78, 5) is 46.1. The molecule has 3 aromatic rings. The number of nitrogens with zero attached hydrogens (tertiary/aromatic N) is 3. The van der Waals surface area contributed by atoms with Gasteiger partial charge in [-0.2, -0.15) is 0 Å². The minimum Gasteiger partial charge on any atom is -0.497 e. The fourth-order valence-corrected chi connectivity index (χ4v) is 4.78. The van der Waals surface area contributed by atoms with Gasteiger partial charge in [0.25, 0.3) is 5.91 Å². The zero-order chi connectivity index (χ0) is 31.0. The number of likely N-dealkylation sites (tertiary alicyclic amines) is 1. The van der Waals surface area contributed by atoms with Crippen LogP contribution in [-0.4, -0.2) is 70.6 Å². The van der Waals surface area contributed by atoms with E-state index in [1.165, 1.54) is 6.33 Å². The van der Waals surface area contributed by atoms with E-state index in [2.05, 4.69) is 22.5 Å². The Bertz CT molecular complexity index is 1360. The minimum atomic E-state index is -1.20. The average Bonchev–Trinajstić information content (AvgIpc) is 3.45. The summed E-state index contributed by atoms with van der Waals surface area (Å²) in [5.41, 5.74) is 6.47. The summed E-state index contributed by atoms with van der Waals surface area (Å²) in [6, 6.07) is 15.2. The number of carbonyl (C=O) groups is 3. The van der Waals surface area contributed by atoms with Gasteiger partial charge in [0, 0.05) is 19.3 Å². The van der Waals surface area contributed by atoms with Crippen molar-refractivity contribution in [2.24, 2.45) is 11.7 Å². The van der Waals surface area contributed by atoms with Crippen LogP contribution in [-0.2, 0) is 25.7 Å². The standard InChI is InChI=1S/C32H42N6O5/c1-22-14-16-37(17-15-22)30(40)28(24-10-12-25(42-4)13-11-24)38-18-27(34-21-38)36-29(39)26(35-31(41)32(2,3)33)20-43-19-23-8-6-5-7-9-23/h5-13,18,21-22,26,28H,14-17,19-20,33H2,1-4H3,(H,35,41)(H,36,39). The molecule has 2 atom stereocenters. The monoisotopic (exact) mass is 590 g/mol. The molecule has 0 spiro atoms. The van der Waals surface area contributed by atoms with Gasteiger partial charge in [0.1, 0.15) is 17.8 Å². The fourth-order valence-electron chi connectivity index (χ4n) is 4.78. The molecular formula is C32H42N6O5. The third kappa shape index (κ3) is 8.65. The molecule has 2 heterocycles. The maximum absolute atomic E-state index is 13.8. The molecular weight excluding hydrogens is 548 g/mol. The summed E-state index contributed by atoms with van der Waals surface area (Å²) >= 11 is 0. The minimum absolute atomic E-state index is 0.0445. The van der Waals surface area contributed by atoms with Crippen LogP contribution < -0.4 is 21.1 Å². The van der Waals surface area contributed by atoms with Crippen LogP contribution >= 0.6 is 0 Å². The number of hydrogen-bond donors (Lipinski definition) is 3. The molecule has 11 nitrogen and oxygen atoms in total. The molecule has 4 rings (SSSR count). The van der Waals surface area contributed by atoms with Crippen LogP contribution in [0.1, 0.15) is 50.8 Å². The summed E-state index contributed by atoms with van der Waals surface area (Å²) in [7, 11) is 1.59. The fraction of sp³-hybridized carbons (Fsp3) is 0.438. The van der Waals surface area contributed by atoms with Gasteiger partial charge in [-0.05, 0) is 55.9 Å². The van der Waals surface area contributed by atoms with E-state index in [0.29, 0.717) is 24.8 Å². The third-order valence-electron chi connectivity index (χ3n) is 7.51. The number of ether oxygens (including phenoxy) is 2. The van der Waals surface area contributed by atoms with Gasteiger partial charge in [-0.1, -0.05) is 49.4 Å². The average molecular weight is 591 g/mol. The van der Waals surface area contributed by atoms with E-state index in [1.54, 1.807) is 31.7 Å². The van der Waals surface area contributed by atoms with Crippen molar-refractivity contribution >= 4 is 23.5 Å². The van der Waals surface area contributed by atoms with Crippen molar-refractivity contribution in [1.82, 2.24) is 19.8 Å². The number of amides is 3. The lowest BCUT2D eigenvalue weighted by Crippen LogP contribution is -2.56. The van der Waals surface area contributed by atoms with Gasteiger partial charge in [-0.25, -0.2) is 4.98 Å². The summed E-state index contributed by atoms with van der Waals surface area (Å²) in [5, 5.41) is 5.45. The van der Waals surface area contributed by atoms with E-state index in [-0.39, 0.29) is 24.9 Å². The van der Waals surface area contributed by atoms with Crippen molar-refractivity contribution in [1.29, 1.82) is 0 Å². The lowest BCUT2D eigenvalue weighted by atomic mass is 9.97. The molecule has 11 heteroatoms. The number of nitrogens with two attached hydrogens (primary N) is 1. The molecule has 0 radical (unpaired) electrons. The zero-order valence-corrected chi connectivity index (χ0v) is 25.3. The Morgan fingerprint density at radius 3 is 2.37 bits per heavy atom. The van der Waals surface area contributed by atoms with Crippen molar-refractivity contribution in [2.45, 2.75) is 57.8 Å². The molecule has 1 fully saturated rings. The van der Waals surface area contributed by atoms with Gasteiger partial charge in [0.2, 0.25) is 11.8 Å². The first kappa shape index (κ1) is 31.7. The smallest absolute Gasteiger partial charge is 0.250 e. The molecule has 0 saturated carbocycles. The van der Waals surface area contributed by atoms with E-state index in [4.69, 9.17) is 15.2 Å². The molecule has 43 heavy (non-hydrogen) atoms. The van der Waals surface area contributed by atoms with Crippen molar-refractivity contribution in [3.63, 3.8) is 0 Å². The Morgan fingerprint density at radius 1 is 1.07 bits per heavy atom. The SMILES string of the molecule is COc1ccc(C(C(=O)N2CCC(C)CC2)n2cnc(NC(=O)C(COCc3ccccc3)NC(=O)C(C)(C)N)c2)cc1. The summed E-state index contributed by atoms with van der Waals surface area (Å²) < 4.78 is 12.8. The van der Waals surface area contributed by atoms with Crippen molar-refractivity contribution in [3.8, 4) is 5.75 Å². The highest BCUT2D eigenvalue weighted by molar-refractivity contribution is 5.98. The normalized spacial score (nSPS) is 15.4. The van der Waals surface area contributed by atoms with Gasteiger partial charge in [-0.3, -0.25) is 14.4 Å². The van der Waals surface area contributed by atoms with Gasteiger partial charge >= 0.3 is 0 Å². The van der Waals surface area contributed by atoms with Crippen molar-refractivity contribution in [2.75, 3.05) is 32.1 Å². The molecule has 2 unspecified atom stereocenters. The van der Waals surface area contributed by atoms with Crippen LogP contribution in [0.4, 0.5) is 5.82 Å². The molecule has 1 aromatic heterocycles. The van der Waals surface area contributed by atoms with Gasteiger partial charge < -0.3 is 35.3 Å². The predicted octanol–water partition coefficient (Wildman–Crippen LogP) is 3.12. The second-order valence-electron chi connectivity index (χ2n) is 11.6. The third-order valence-corrected chi connectivity index (χ3v) is 7.51. The van der Waals surface area contributed by atoms with E-state index >= 15 is 0 Å². The Balaban J connectivity index is 1.52. The molecule has 230 valence electrons. The first-order valence-corrected chi connectivity index (χ1v) is 14.5. The highest BCUT2D eigenvalue weighted by Gasteiger charge is 2.31. The van der Waals surface area contributed by atoms with Crippen LogP contribution in [0.2, 0.25) is 0 Å². The van der Waals surface area contributed by atoms with E-state index < -0.39 is 29.4 Å². The summed E-state index contributed by atoms with van der Waals surface area (Å²) in [5.74, 6) is 0.433. The first-order chi connectivity index (χ1) is 20.5. The van der Waals surface area contributed by atoms with Gasteiger partial charge in [-0.15, -0.1) is 0 Å². The topological polar surface area (TPSA) is 141 Å². The van der Waals surface area contributed by atoms with Crippen LogP contribution in [0.5, 0.6) is 5.75 Å². The molecule has 4 N–H and O–H groups in total. The molecule has 0 aliphatic carbocycles. The number of methoxy groups -OCH3 is 1. The summed E-state index contributed by atoms with van der Waals surface area (Å²) in [6.45, 7) is 6.88. The number of imidazole rings is 1. The van der Waals surface area contributed by atoms with E-state index in [1.807, 2.05) is 59.5 Å². The first-order valence-electron chi connectivity index (χ1n) is 14.5. The lowest BCUT2D eigenvalue weighted by Gasteiger charge is -2.33. The second-order valence-corrected chi connectivity index (χ2v) is 11.6. The Hall–Kier alpha value is -4.22. The number of benzene rings is 2. The highest BCUT2D eigenvalue weighted by Crippen LogP contribution is 2.27. The number of aromatic nitrogens is 2. The molecule has 3 amide bonds. The largest absolute Gasteiger partial charge is 0.497 e. The van der Waals surface area contributed by atoms with Crippen molar-refractivity contribution in [3.05, 3.63) is 78.2 Å². The maximum atomic E-state index is 13.8. The number of hydrogen-bond acceptors (Lipinski definition) is 7. The molecule has 1 saturated heterocycles. The number of rotatable bonds is 12. The van der Waals surface area contributed by atoms with E-state index in [0.717, 1.165) is 24.0 Å². The Morgan fingerprint density at radius 2 is 1.74 bits per heavy atom. The second kappa shape index (κ2) is 14.3. The number of piperidine rings is 1. The Kier molecular flexibility index (Phi) is 10.5. The lowest BCUT2D eigenvalue weighted by molar-refractivity contribution is -0.135. The molecule has 0 bridgehead atoms. The van der Waals surface area contributed by atoms with Crippen LogP contribution in [0, 0.1) is 5.92 Å². The van der Waals surface area contributed by atoms with Gasteiger partial charge in [0.15, 0.2) is 5.82 Å². The number of anilines is 1.